The van der Waals surface area contributed by atoms with E-state index < -0.39 is 5.97 Å². The maximum atomic E-state index is 11.1. The van der Waals surface area contributed by atoms with Gasteiger partial charge in [0.1, 0.15) is 16.8 Å². The molecule has 0 radical (unpaired) electrons. The molecule has 0 unspecified atom stereocenters. The molecule has 0 aliphatic rings. The van der Waals surface area contributed by atoms with Crippen LogP contribution in [0.3, 0.4) is 0 Å². The summed E-state index contributed by atoms with van der Waals surface area (Å²) in [5.41, 5.74) is 1.29. The first-order chi connectivity index (χ1) is 9.15. The van der Waals surface area contributed by atoms with Crippen molar-refractivity contribution >= 4 is 28.7 Å². The third-order valence-electron chi connectivity index (χ3n) is 2.59. The Bertz CT molecular complexity index is 765. The highest BCUT2D eigenvalue weighted by Crippen LogP contribution is 2.25. The molecule has 0 aliphatic heterocycles. The third kappa shape index (κ3) is 2.04. The highest BCUT2D eigenvalue weighted by molar-refractivity contribution is 6.30. The number of aromatic carboxylic acids is 1. The summed E-state index contributed by atoms with van der Waals surface area (Å²) in [4.78, 5) is 19.4. The van der Waals surface area contributed by atoms with E-state index >= 15 is 0 Å². The minimum Gasteiger partial charge on any atom is -0.478 e. The second-order valence-corrected chi connectivity index (χ2v) is 4.28. The van der Waals surface area contributed by atoms with Crippen molar-refractivity contribution in [1.82, 2.24) is 9.97 Å². The molecule has 6 heteroatoms. The summed E-state index contributed by atoms with van der Waals surface area (Å²) in [7, 11) is 0. The molecule has 5 nitrogen and oxygen atoms in total. The van der Waals surface area contributed by atoms with Crippen molar-refractivity contribution in [3.05, 3.63) is 47.1 Å². The van der Waals surface area contributed by atoms with Gasteiger partial charge in [-0.2, -0.15) is 0 Å². The molecule has 1 aromatic carbocycles. The molecule has 19 heavy (non-hydrogen) atoms. The monoisotopic (exact) mass is 274 g/mol. The van der Waals surface area contributed by atoms with Gasteiger partial charge in [-0.1, -0.05) is 17.7 Å². The quantitative estimate of drug-likeness (QED) is 0.776. The van der Waals surface area contributed by atoms with E-state index in [4.69, 9.17) is 21.1 Å². The van der Waals surface area contributed by atoms with Gasteiger partial charge in [0.2, 0.25) is 5.89 Å². The highest BCUT2D eigenvalue weighted by Gasteiger charge is 2.15. The van der Waals surface area contributed by atoms with E-state index in [0.29, 0.717) is 16.2 Å². The Balaban J connectivity index is 2.19. The van der Waals surface area contributed by atoms with Crippen molar-refractivity contribution in [2.75, 3.05) is 0 Å². The van der Waals surface area contributed by atoms with Gasteiger partial charge in [-0.15, -0.1) is 0 Å². The molecule has 0 atom stereocenters. The van der Waals surface area contributed by atoms with Crippen LogP contribution in [0, 0.1) is 0 Å². The number of hydrogen-bond acceptors (Lipinski definition) is 4. The molecule has 0 spiro atoms. The Labute approximate surface area is 112 Å². The van der Waals surface area contributed by atoms with Gasteiger partial charge in [0, 0.05) is 6.20 Å². The molecular weight excluding hydrogens is 268 g/mol. The third-order valence-corrected chi connectivity index (χ3v) is 2.82. The second-order valence-electron chi connectivity index (χ2n) is 3.84. The maximum absolute atomic E-state index is 11.1. The van der Waals surface area contributed by atoms with E-state index in [1.807, 2.05) is 0 Å². The maximum Gasteiger partial charge on any atom is 0.339 e. The van der Waals surface area contributed by atoms with Gasteiger partial charge < -0.3 is 9.52 Å². The number of halogens is 1. The lowest BCUT2D eigenvalue weighted by Gasteiger charge is -1.94. The molecule has 2 heterocycles. The number of carboxylic acid groups (broad SMARTS) is 1. The first-order valence-electron chi connectivity index (χ1n) is 5.40. The molecule has 0 amide bonds. The summed E-state index contributed by atoms with van der Waals surface area (Å²) < 4.78 is 5.49. The fourth-order valence-corrected chi connectivity index (χ4v) is 1.84. The molecule has 3 rings (SSSR count). The van der Waals surface area contributed by atoms with E-state index in [1.165, 1.54) is 12.3 Å². The van der Waals surface area contributed by atoms with Crippen molar-refractivity contribution in [2.24, 2.45) is 0 Å². The van der Waals surface area contributed by atoms with Gasteiger partial charge in [-0.05, 0) is 24.3 Å². The zero-order chi connectivity index (χ0) is 13.4. The molecule has 0 saturated carbocycles. The summed E-state index contributed by atoms with van der Waals surface area (Å²) >= 11 is 5.75. The lowest BCUT2D eigenvalue weighted by atomic mass is 10.2. The van der Waals surface area contributed by atoms with Crippen LogP contribution in [-0.4, -0.2) is 21.0 Å². The Morgan fingerprint density at radius 3 is 2.79 bits per heavy atom. The van der Waals surface area contributed by atoms with Crippen LogP contribution in [0.2, 0.25) is 5.02 Å². The van der Waals surface area contributed by atoms with Gasteiger partial charge in [0.15, 0.2) is 5.58 Å². The topological polar surface area (TPSA) is 76.2 Å². The Kier molecular flexibility index (Phi) is 2.68. The van der Waals surface area contributed by atoms with Crippen LogP contribution in [0.15, 0.2) is 40.9 Å². The van der Waals surface area contributed by atoms with E-state index in [9.17, 15) is 4.79 Å². The number of oxazole rings is 1. The Hall–Kier alpha value is -2.40. The molecule has 0 saturated heterocycles. The van der Waals surface area contributed by atoms with Gasteiger partial charge in [0.25, 0.3) is 0 Å². The van der Waals surface area contributed by atoms with Crippen LogP contribution in [0.25, 0.3) is 22.7 Å². The van der Waals surface area contributed by atoms with Crippen LogP contribution >= 0.6 is 11.6 Å². The van der Waals surface area contributed by atoms with Crippen LogP contribution in [0.5, 0.6) is 0 Å². The number of carbonyl (C=O) groups is 1. The molecular formula is C13H7ClN2O3. The molecule has 1 N–H and O–H groups in total. The fraction of sp³-hybridized carbons (Fsp3) is 0. The van der Waals surface area contributed by atoms with Crippen LogP contribution in [-0.2, 0) is 0 Å². The van der Waals surface area contributed by atoms with Crippen molar-refractivity contribution in [3.63, 3.8) is 0 Å². The predicted molar refractivity (Wildman–Crippen MR) is 69.2 cm³/mol. The SMILES string of the molecule is O=C(O)c1cccc2nc(-c3ccc(Cl)cn3)oc12. The average Bonchev–Trinajstić information content (AvgIpc) is 2.82. The summed E-state index contributed by atoms with van der Waals surface area (Å²) in [6.45, 7) is 0. The molecule has 0 aliphatic carbocycles. The smallest absolute Gasteiger partial charge is 0.339 e. The number of fused-ring (bicyclic) bond motifs is 1. The Morgan fingerprint density at radius 1 is 1.26 bits per heavy atom. The number of benzene rings is 1. The Morgan fingerprint density at radius 2 is 2.11 bits per heavy atom. The number of rotatable bonds is 2. The molecule has 0 fully saturated rings. The van der Waals surface area contributed by atoms with Gasteiger partial charge in [0.05, 0.1) is 5.02 Å². The number of aromatic nitrogens is 2. The number of para-hydroxylation sites is 1. The number of nitrogens with zero attached hydrogens (tertiary/aromatic N) is 2. The van der Waals surface area contributed by atoms with E-state index in [0.717, 1.165) is 0 Å². The first kappa shape index (κ1) is 11.7. The van der Waals surface area contributed by atoms with E-state index in [1.54, 1.807) is 24.3 Å². The summed E-state index contributed by atoms with van der Waals surface area (Å²) in [5, 5.41) is 9.58. The van der Waals surface area contributed by atoms with Crippen molar-refractivity contribution in [3.8, 4) is 11.6 Å². The van der Waals surface area contributed by atoms with Crippen molar-refractivity contribution in [2.45, 2.75) is 0 Å². The summed E-state index contributed by atoms with van der Waals surface area (Å²) in [6.07, 6.45) is 1.48. The largest absolute Gasteiger partial charge is 0.478 e. The first-order valence-corrected chi connectivity index (χ1v) is 5.78. The minimum absolute atomic E-state index is 0.0743. The van der Waals surface area contributed by atoms with E-state index in [-0.39, 0.29) is 17.0 Å². The van der Waals surface area contributed by atoms with Crippen molar-refractivity contribution < 1.29 is 14.3 Å². The lowest BCUT2D eigenvalue weighted by molar-refractivity contribution is 0.0698. The molecule has 94 valence electrons. The minimum atomic E-state index is -1.06. The number of pyridine rings is 1. The predicted octanol–water partition coefficient (Wildman–Crippen LogP) is 3.24. The fourth-order valence-electron chi connectivity index (χ4n) is 1.73. The van der Waals surface area contributed by atoms with Crippen LogP contribution in [0.1, 0.15) is 10.4 Å². The van der Waals surface area contributed by atoms with Crippen molar-refractivity contribution in [1.29, 1.82) is 0 Å². The van der Waals surface area contributed by atoms with Gasteiger partial charge in [-0.25, -0.2) is 14.8 Å². The van der Waals surface area contributed by atoms with Crippen LogP contribution in [0.4, 0.5) is 0 Å². The zero-order valence-corrected chi connectivity index (χ0v) is 10.3. The highest BCUT2D eigenvalue weighted by atomic mass is 35.5. The second kappa shape index (κ2) is 4.37. The summed E-state index contributed by atoms with van der Waals surface area (Å²) in [6, 6.07) is 8.09. The van der Waals surface area contributed by atoms with Gasteiger partial charge in [-0.3, -0.25) is 0 Å². The number of carboxylic acids is 1. The lowest BCUT2D eigenvalue weighted by Crippen LogP contribution is -1.95. The van der Waals surface area contributed by atoms with E-state index in [2.05, 4.69) is 9.97 Å². The average molecular weight is 275 g/mol. The molecule has 0 bridgehead atoms. The summed E-state index contributed by atoms with van der Waals surface area (Å²) in [5.74, 6) is -0.794. The zero-order valence-electron chi connectivity index (χ0n) is 9.50. The van der Waals surface area contributed by atoms with Crippen LogP contribution < -0.4 is 0 Å². The van der Waals surface area contributed by atoms with Gasteiger partial charge >= 0.3 is 5.97 Å². The molecule has 3 aromatic rings. The number of hydrogen-bond donors (Lipinski definition) is 1. The molecule has 2 aromatic heterocycles. The standard InChI is InChI=1S/C13H7ClN2O3/c14-7-4-5-10(15-6-7)12-16-9-3-1-2-8(13(17)18)11(9)19-12/h1-6H,(H,17,18). The normalized spacial score (nSPS) is 10.8.